The zero-order valence-electron chi connectivity index (χ0n) is 11.0. The molecule has 0 aliphatic rings. The molecular formula is C15H20FNO. The third-order valence-corrected chi connectivity index (χ3v) is 2.70. The maximum atomic E-state index is 13.4. The summed E-state index contributed by atoms with van der Waals surface area (Å²) in [5.74, 6) is -0.440. The Morgan fingerprint density at radius 2 is 2.06 bits per heavy atom. The molecule has 1 aromatic rings. The molecule has 0 aliphatic heterocycles. The van der Waals surface area contributed by atoms with E-state index in [1.54, 1.807) is 31.2 Å². The zero-order valence-corrected chi connectivity index (χ0v) is 11.0. The van der Waals surface area contributed by atoms with Crippen LogP contribution in [-0.2, 0) is 4.79 Å². The highest BCUT2D eigenvalue weighted by Gasteiger charge is 2.05. The molecule has 0 saturated heterocycles. The number of amides is 1. The fourth-order valence-electron chi connectivity index (χ4n) is 1.61. The van der Waals surface area contributed by atoms with E-state index in [0.29, 0.717) is 17.7 Å². The van der Waals surface area contributed by atoms with Crippen molar-refractivity contribution in [1.29, 1.82) is 0 Å². The molecule has 1 amide bonds. The molecule has 0 bridgehead atoms. The third-order valence-electron chi connectivity index (χ3n) is 2.70. The van der Waals surface area contributed by atoms with E-state index in [9.17, 15) is 9.18 Å². The van der Waals surface area contributed by atoms with Gasteiger partial charge in [0.2, 0.25) is 5.91 Å². The molecule has 0 aromatic heterocycles. The molecule has 1 rings (SSSR count). The smallest absolute Gasteiger partial charge is 0.246 e. The minimum absolute atomic E-state index is 0.130. The summed E-state index contributed by atoms with van der Waals surface area (Å²) in [6.45, 7) is 4.49. The molecule has 0 aliphatic carbocycles. The maximum absolute atomic E-state index is 13.4. The Labute approximate surface area is 108 Å². The number of halogens is 1. The van der Waals surface area contributed by atoms with E-state index >= 15 is 0 Å². The topological polar surface area (TPSA) is 29.1 Å². The Kier molecular flexibility index (Phi) is 6.12. The van der Waals surface area contributed by atoms with Gasteiger partial charge in [-0.2, -0.15) is 0 Å². The van der Waals surface area contributed by atoms with E-state index in [0.717, 1.165) is 19.3 Å². The average Bonchev–Trinajstić information content (AvgIpc) is 2.37. The fourth-order valence-corrected chi connectivity index (χ4v) is 1.61. The predicted molar refractivity (Wildman–Crippen MR) is 72.6 cm³/mol. The quantitative estimate of drug-likeness (QED) is 0.606. The summed E-state index contributed by atoms with van der Waals surface area (Å²) in [5, 5.41) is 2.83. The highest BCUT2D eigenvalue weighted by Crippen LogP contribution is 2.11. The lowest BCUT2D eigenvalue weighted by atomic mass is 10.1. The van der Waals surface area contributed by atoms with Gasteiger partial charge in [-0.25, -0.2) is 4.39 Å². The van der Waals surface area contributed by atoms with Gasteiger partial charge in [-0.1, -0.05) is 38.0 Å². The van der Waals surface area contributed by atoms with Crippen LogP contribution in [0.5, 0.6) is 0 Å². The summed E-state index contributed by atoms with van der Waals surface area (Å²) in [5.41, 5.74) is 0.968. The van der Waals surface area contributed by atoms with Gasteiger partial charge >= 0.3 is 0 Å². The van der Waals surface area contributed by atoms with Gasteiger partial charge in [0.25, 0.3) is 0 Å². The van der Waals surface area contributed by atoms with Gasteiger partial charge in [0.15, 0.2) is 0 Å². The van der Waals surface area contributed by atoms with Crippen molar-refractivity contribution in [3.8, 4) is 0 Å². The van der Waals surface area contributed by atoms with E-state index in [1.165, 1.54) is 6.07 Å². The molecule has 18 heavy (non-hydrogen) atoms. The van der Waals surface area contributed by atoms with Crippen molar-refractivity contribution in [1.82, 2.24) is 5.32 Å². The van der Waals surface area contributed by atoms with Crippen LogP contribution in [0, 0.1) is 5.82 Å². The first-order valence-corrected chi connectivity index (χ1v) is 6.36. The molecule has 0 spiro atoms. The number of unbranched alkanes of at least 4 members (excludes halogenated alkanes) is 2. The van der Waals surface area contributed by atoms with E-state index < -0.39 is 0 Å². The molecule has 2 nitrogen and oxygen atoms in total. The normalized spacial score (nSPS) is 11.4. The Bertz CT molecular complexity index is 426. The third kappa shape index (κ3) is 4.70. The minimum Gasteiger partial charge on any atom is -0.352 e. The highest BCUT2D eigenvalue weighted by molar-refractivity contribution is 5.97. The average molecular weight is 249 g/mol. The molecule has 0 unspecified atom stereocenters. The van der Waals surface area contributed by atoms with E-state index in [2.05, 4.69) is 12.2 Å². The Morgan fingerprint density at radius 3 is 2.72 bits per heavy atom. The number of nitrogens with one attached hydrogen (secondary N) is 1. The molecule has 0 saturated carbocycles. The summed E-state index contributed by atoms with van der Waals surface area (Å²) in [6, 6.07) is 6.43. The van der Waals surface area contributed by atoms with Crippen LogP contribution in [0.3, 0.4) is 0 Å². The molecule has 0 fully saturated rings. The van der Waals surface area contributed by atoms with E-state index in [-0.39, 0.29) is 11.7 Å². The van der Waals surface area contributed by atoms with Crippen molar-refractivity contribution < 1.29 is 9.18 Å². The molecular weight excluding hydrogens is 229 g/mol. The maximum Gasteiger partial charge on any atom is 0.246 e. The van der Waals surface area contributed by atoms with Crippen LogP contribution in [0.1, 0.15) is 38.7 Å². The molecule has 0 radical (unpaired) electrons. The van der Waals surface area contributed by atoms with Crippen molar-refractivity contribution in [3.05, 3.63) is 41.2 Å². The van der Waals surface area contributed by atoms with Gasteiger partial charge in [-0.15, -0.1) is 0 Å². The van der Waals surface area contributed by atoms with Crippen LogP contribution in [0.15, 0.2) is 29.8 Å². The van der Waals surface area contributed by atoms with Crippen LogP contribution < -0.4 is 5.32 Å². The van der Waals surface area contributed by atoms with Crippen LogP contribution in [0.25, 0.3) is 6.08 Å². The van der Waals surface area contributed by atoms with Crippen molar-refractivity contribution in [2.75, 3.05) is 6.54 Å². The summed E-state index contributed by atoms with van der Waals surface area (Å²) in [7, 11) is 0. The molecule has 0 atom stereocenters. The minimum atomic E-state index is -0.310. The largest absolute Gasteiger partial charge is 0.352 e. The Balaban J connectivity index is 2.55. The first-order chi connectivity index (χ1) is 8.65. The molecule has 1 aromatic carbocycles. The Morgan fingerprint density at radius 1 is 1.33 bits per heavy atom. The SMILES string of the molecule is CCCCCNC(=O)/C(C)=C/c1ccccc1F. The summed E-state index contributed by atoms with van der Waals surface area (Å²) in [4.78, 5) is 11.7. The number of hydrogen-bond acceptors (Lipinski definition) is 1. The number of benzene rings is 1. The predicted octanol–water partition coefficient (Wildman–Crippen LogP) is 3.54. The highest BCUT2D eigenvalue weighted by atomic mass is 19.1. The van der Waals surface area contributed by atoms with E-state index in [1.807, 2.05) is 0 Å². The van der Waals surface area contributed by atoms with Crippen LogP contribution >= 0.6 is 0 Å². The number of rotatable bonds is 6. The first kappa shape index (κ1) is 14.4. The molecule has 1 N–H and O–H groups in total. The van der Waals surface area contributed by atoms with Gasteiger partial charge in [0.1, 0.15) is 5.82 Å². The number of carbonyl (C=O) groups excluding carboxylic acids is 1. The van der Waals surface area contributed by atoms with Gasteiger partial charge in [0.05, 0.1) is 0 Å². The zero-order chi connectivity index (χ0) is 13.4. The standard InChI is InChI=1S/C15H20FNO/c1-3-4-7-10-17-15(18)12(2)11-13-8-5-6-9-14(13)16/h5-6,8-9,11H,3-4,7,10H2,1-2H3,(H,17,18)/b12-11+. The summed E-state index contributed by atoms with van der Waals surface area (Å²) >= 11 is 0. The van der Waals surface area contributed by atoms with Crippen molar-refractivity contribution in [3.63, 3.8) is 0 Å². The number of carbonyl (C=O) groups is 1. The second-order valence-corrected chi connectivity index (χ2v) is 4.31. The van der Waals surface area contributed by atoms with Crippen LogP contribution in [0.4, 0.5) is 4.39 Å². The lowest BCUT2D eigenvalue weighted by Crippen LogP contribution is -2.25. The fraction of sp³-hybridized carbons (Fsp3) is 0.400. The van der Waals surface area contributed by atoms with Crippen LogP contribution in [-0.4, -0.2) is 12.5 Å². The monoisotopic (exact) mass is 249 g/mol. The van der Waals surface area contributed by atoms with Gasteiger partial charge in [0, 0.05) is 17.7 Å². The van der Waals surface area contributed by atoms with Gasteiger partial charge in [-0.05, 0) is 25.5 Å². The van der Waals surface area contributed by atoms with Gasteiger partial charge < -0.3 is 5.32 Å². The summed E-state index contributed by atoms with van der Waals surface area (Å²) < 4.78 is 13.4. The lowest BCUT2D eigenvalue weighted by molar-refractivity contribution is -0.117. The number of hydrogen-bond donors (Lipinski definition) is 1. The second-order valence-electron chi connectivity index (χ2n) is 4.31. The molecule has 0 heterocycles. The first-order valence-electron chi connectivity index (χ1n) is 6.36. The summed E-state index contributed by atoms with van der Waals surface area (Å²) in [6.07, 6.45) is 4.79. The van der Waals surface area contributed by atoms with E-state index in [4.69, 9.17) is 0 Å². The van der Waals surface area contributed by atoms with Crippen LogP contribution in [0.2, 0.25) is 0 Å². The Hall–Kier alpha value is -1.64. The molecule has 3 heteroatoms. The van der Waals surface area contributed by atoms with Crippen molar-refractivity contribution in [2.45, 2.75) is 33.1 Å². The van der Waals surface area contributed by atoms with Crippen molar-refractivity contribution in [2.24, 2.45) is 0 Å². The van der Waals surface area contributed by atoms with Gasteiger partial charge in [-0.3, -0.25) is 4.79 Å². The van der Waals surface area contributed by atoms with Crippen molar-refractivity contribution >= 4 is 12.0 Å². The second kappa shape index (κ2) is 7.64. The lowest BCUT2D eigenvalue weighted by Gasteiger charge is -2.05. The molecule has 98 valence electrons.